The summed E-state index contributed by atoms with van der Waals surface area (Å²) in [5.41, 5.74) is 3.62. The van der Waals surface area contributed by atoms with Crippen LogP contribution in [0.15, 0.2) is 48.5 Å². The molecule has 170 valence electrons. The highest BCUT2D eigenvalue weighted by Crippen LogP contribution is 2.18. The molecule has 3 heterocycles. The molecule has 2 aliphatic heterocycles. The van der Waals surface area contributed by atoms with Crippen molar-refractivity contribution in [3.05, 3.63) is 65.4 Å². The topological polar surface area (TPSA) is 72.5 Å². The molecular formula is C26H29N5O2. The Hall–Kier alpha value is -3.45. The van der Waals surface area contributed by atoms with Crippen LogP contribution in [-0.2, 0) is 4.79 Å². The first-order valence-electron chi connectivity index (χ1n) is 11.7. The Morgan fingerprint density at radius 3 is 2.33 bits per heavy atom. The maximum atomic E-state index is 12.9. The predicted octanol–water partition coefficient (Wildman–Crippen LogP) is 3.11. The number of amides is 2. The van der Waals surface area contributed by atoms with Crippen molar-refractivity contribution in [2.75, 3.05) is 45.8 Å². The van der Waals surface area contributed by atoms with Gasteiger partial charge in [0.25, 0.3) is 5.91 Å². The monoisotopic (exact) mass is 443 g/mol. The van der Waals surface area contributed by atoms with E-state index in [4.69, 9.17) is 0 Å². The van der Waals surface area contributed by atoms with E-state index in [0.717, 1.165) is 61.2 Å². The zero-order chi connectivity index (χ0) is 22.6. The van der Waals surface area contributed by atoms with E-state index in [0.29, 0.717) is 25.2 Å². The van der Waals surface area contributed by atoms with E-state index in [9.17, 15) is 9.59 Å². The Balaban J connectivity index is 1.15. The van der Waals surface area contributed by atoms with E-state index in [-0.39, 0.29) is 11.8 Å². The molecule has 0 spiro atoms. The van der Waals surface area contributed by atoms with Gasteiger partial charge in [-0.15, -0.1) is 0 Å². The van der Waals surface area contributed by atoms with Crippen LogP contribution in [0.25, 0.3) is 23.1 Å². The van der Waals surface area contributed by atoms with Crippen molar-refractivity contribution < 1.29 is 9.59 Å². The maximum absolute atomic E-state index is 12.9. The molecule has 2 saturated heterocycles. The van der Waals surface area contributed by atoms with Crippen LogP contribution in [0.3, 0.4) is 0 Å². The first kappa shape index (κ1) is 21.4. The second-order valence-electron chi connectivity index (χ2n) is 8.77. The maximum Gasteiger partial charge on any atom is 0.253 e. The predicted molar refractivity (Wildman–Crippen MR) is 130 cm³/mol. The number of nitrogens with zero attached hydrogens (tertiary/aromatic N) is 4. The second-order valence-corrected chi connectivity index (χ2v) is 8.77. The van der Waals surface area contributed by atoms with Crippen LogP contribution in [-0.4, -0.2) is 82.5 Å². The molecular weight excluding hydrogens is 414 g/mol. The van der Waals surface area contributed by atoms with Crippen molar-refractivity contribution in [2.45, 2.75) is 12.8 Å². The third kappa shape index (κ3) is 4.83. The minimum absolute atomic E-state index is 0.0503. The molecule has 0 unspecified atom stereocenters. The molecule has 7 nitrogen and oxygen atoms in total. The SMILES string of the molecule is O=C(CN1CCN(C(=O)c2ccc(/C=C/c3n[nH]c4ccccc34)cc2)CC1)N1CCCC1. The van der Waals surface area contributed by atoms with E-state index in [2.05, 4.69) is 15.1 Å². The minimum Gasteiger partial charge on any atom is -0.342 e. The summed E-state index contributed by atoms with van der Waals surface area (Å²) >= 11 is 0. The van der Waals surface area contributed by atoms with Gasteiger partial charge in [-0.05, 0) is 42.7 Å². The van der Waals surface area contributed by atoms with Gasteiger partial charge in [0.1, 0.15) is 0 Å². The summed E-state index contributed by atoms with van der Waals surface area (Å²) in [5.74, 6) is 0.271. The fraction of sp³-hybridized carbons (Fsp3) is 0.346. The van der Waals surface area contributed by atoms with E-state index >= 15 is 0 Å². The van der Waals surface area contributed by atoms with Crippen LogP contribution in [0.4, 0.5) is 0 Å². The molecule has 2 amide bonds. The molecule has 0 bridgehead atoms. The van der Waals surface area contributed by atoms with Crippen LogP contribution in [0.1, 0.15) is 34.5 Å². The number of fused-ring (bicyclic) bond motifs is 1. The molecule has 2 aliphatic rings. The molecule has 0 atom stereocenters. The summed E-state index contributed by atoms with van der Waals surface area (Å²) in [4.78, 5) is 31.3. The largest absolute Gasteiger partial charge is 0.342 e. The van der Waals surface area contributed by atoms with Crippen LogP contribution in [0, 0.1) is 0 Å². The van der Waals surface area contributed by atoms with E-state index < -0.39 is 0 Å². The fourth-order valence-electron chi connectivity index (χ4n) is 4.57. The van der Waals surface area contributed by atoms with Crippen molar-refractivity contribution in [1.82, 2.24) is 24.9 Å². The Labute approximate surface area is 193 Å². The lowest BCUT2D eigenvalue weighted by Crippen LogP contribution is -2.51. The summed E-state index contributed by atoms with van der Waals surface area (Å²) in [6.07, 6.45) is 6.22. The minimum atomic E-state index is 0.0503. The van der Waals surface area contributed by atoms with Crippen molar-refractivity contribution >= 4 is 34.9 Å². The fourth-order valence-corrected chi connectivity index (χ4v) is 4.57. The van der Waals surface area contributed by atoms with Gasteiger partial charge < -0.3 is 9.80 Å². The second kappa shape index (κ2) is 9.58. The van der Waals surface area contributed by atoms with Gasteiger partial charge in [0.2, 0.25) is 5.91 Å². The summed E-state index contributed by atoms with van der Waals surface area (Å²) < 4.78 is 0. The molecule has 3 aromatic rings. The number of piperazine rings is 1. The van der Waals surface area contributed by atoms with Gasteiger partial charge in [-0.3, -0.25) is 19.6 Å². The molecule has 0 radical (unpaired) electrons. The van der Waals surface area contributed by atoms with E-state index in [1.54, 1.807) is 0 Å². The summed E-state index contributed by atoms with van der Waals surface area (Å²) in [6.45, 7) is 5.03. The van der Waals surface area contributed by atoms with Gasteiger partial charge in [-0.25, -0.2) is 0 Å². The Bertz CT molecular complexity index is 1150. The number of aromatic amines is 1. The van der Waals surface area contributed by atoms with Crippen LogP contribution in [0.2, 0.25) is 0 Å². The molecule has 5 rings (SSSR count). The average molecular weight is 444 g/mol. The van der Waals surface area contributed by atoms with Crippen molar-refractivity contribution in [3.8, 4) is 0 Å². The molecule has 2 aromatic carbocycles. The highest BCUT2D eigenvalue weighted by Gasteiger charge is 2.25. The lowest BCUT2D eigenvalue weighted by atomic mass is 10.1. The molecule has 0 saturated carbocycles. The van der Waals surface area contributed by atoms with Gasteiger partial charge in [-0.2, -0.15) is 5.10 Å². The van der Waals surface area contributed by atoms with Crippen LogP contribution < -0.4 is 0 Å². The smallest absolute Gasteiger partial charge is 0.253 e. The van der Waals surface area contributed by atoms with Gasteiger partial charge in [0.15, 0.2) is 0 Å². The average Bonchev–Trinajstić information content (AvgIpc) is 3.54. The molecule has 7 heteroatoms. The highest BCUT2D eigenvalue weighted by atomic mass is 16.2. The number of hydrogen-bond acceptors (Lipinski definition) is 4. The molecule has 33 heavy (non-hydrogen) atoms. The van der Waals surface area contributed by atoms with Crippen molar-refractivity contribution in [1.29, 1.82) is 0 Å². The van der Waals surface area contributed by atoms with E-state index in [1.165, 1.54) is 0 Å². The number of aromatic nitrogens is 2. The lowest BCUT2D eigenvalue weighted by molar-refractivity contribution is -0.131. The van der Waals surface area contributed by atoms with Gasteiger partial charge >= 0.3 is 0 Å². The number of para-hydroxylation sites is 1. The number of hydrogen-bond donors (Lipinski definition) is 1. The number of benzene rings is 2. The third-order valence-electron chi connectivity index (χ3n) is 6.57. The first-order valence-corrected chi connectivity index (χ1v) is 11.7. The van der Waals surface area contributed by atoms with Gasteiger partial charge in [0.05, 0.1) is 17.8 Å². The Kier molecular flexibility index (Phi) is 6.21. The third-order valence-corrected chi connectivity index (χ3v) is 6.57. The van der Waals surface area contributed by atoms with Crippen LogP contribution >= 0.6 is 0 Å². The summed E-state index contributed by atoms with van der Waals surface area (Å²) in [6, 6.07) is 15.7. The normalized spacial score (nSPS) is 17.3. The van der Waals surface area contributed by atoms with E-state index in [1.807, 2.05) is 70.5 Å². The molecule has 2 fully saturated rings. The van der Waals surface area contributed by atoms with Gasteiger partial charge in [-0.1, -0.05) is 36.4 Å². The number of carbonyl (C=O) groups excluding carboxylic acids is 2. The zero-order valence-corrected chi connectivity index (χ0v) is 18.7. The van der Waals surface area contributed by atoms with Crippen LogP contribution in [0.5, 0.6) is 0 Å². The number of likely N-dealkylation sites (tertiary alicyclic amines) is 1. The van der Waals surface area contributed by atoms with Crippen molar-refractivity contribution in [2.24, 2.45) is 0 Å². The molecule has 0 aliphatic carbocycles. The number of nitrogens with one attached hydrogen (secondary N) is 1. The summed E-state index contributed by atoms with van der Waals surface area (Å²) in [5, 5.41) is 8.48. The highest BCUT2D eigenvalue weighted by molar-refractivity contribution is 5.95. The first-order chi connectivity index (χ1) is 16.2. The zero-order valence-electron chi connectivity index (χ0n) is 18.7. The standard InChI is InChI=1S/C26H29N5O2/c32-25(30-13-3-4-14-30)19-29-15-17-31(18-16-29)26(33)21-10-7-20(8-11-21)9-12-24-22-5-1-2-6-23(22)27-28-24/h1-2,5-12H,3-4,13-19H2,(H,27,28)/b12-9+. The Morgan fingerprint density at radius 1 is 0.848 bits per heavy atom. The molecule has 1 N–H and O–H groups in total. The summed E-state index contributed by atoms with van der Waals surface area (Å²) in [7, 11) is 0. The van der Waals surface area contributed by atoms with Gasteiger partial charge in [0, 0.05) is 50.2 Å². The van der Waals surface area contributed by atoms with Crippen molar-refractivity contribution in [3.63, 3.8) is 0 Å². The lowest BCUT2D eigenvalue weighted by Gasteiger charge is -2.35. The quantitative estimate of drug-likeness (QED) is 0.658. The number of carbonyl (C=O) groups is 2. The Morgan fingerprint density at radius 2 is 1.58 bits per heavy atom. The molecule has 1 aromatic heterocycles. The number of H-pyrrole nitrogens is 1. The number of rotatable bonds is 5.